The van der Waals surface area contributed by atoms with Gasteiger partial charge in [-0.15, -0.1) is 0 Å². The SMILES string of the molecule is Nc1ccc(Oc2ccc(CCO)cc2)c2cnccc12. The van der Waals surface area contributed by atoms with Crippen LogP contribution in [0.25, 0.3) is 10.8 Å². The summed E-state index contributed by atoms with van der Waals surface area (Å²) in [6.07, 6.45) is 4.11. The zero-order valence-corrected chi connectivity index (χ0v) is 11.5. The van der Waals surface area contributed by atoms with Gasteiger partial charge in [-0.05, 0) is 42.3 Å². The second-order valence-electron chi connectivity index (χ2n) is 4.79. The molecule has 3 N–H and O–H groups in total. The summed E-state index contributed by atoms with van der Waals surface area (Å²) >= 11 is 0. The maximum atomic E-state index is 8.92. The number of aromatic nitrogens is 1. The highest BCUT2D eigenvalue weighted by atomic mass is 16.5. The van der Waals surface area contributed by atoms with Gasteiger partial charge in [0.25, 0.3) is 0 Å². The van der Waals surface area contributed by atoms with Gasteiger partial charge in [-0.25, -0.2) is 0 Å². The van der Waals surface area contributed by atoms with Crippen LogP contribution in [0.1, 0.15) is 5.56 Å². The topological polar surface area (TPSA) is 68.4 Å². The number of hydrogen-bond acceptors (Lipinski definition) is 4. The number of nitrogens with two attached hydrogens (primary N) is 1. The van der Waals surface area contributed by atoms with Crippen molar-refractivity contribution < 1.29 is 9.84 Å². The molecular formula is C17H16N2O2. The minimum atomic E-state index is 0.147. The largest absolute Gasteiger partial charge is 0.457 e. The highest BCUT2D eigenvalue weighted by Gasteiger charge is 2.06. The normalized spacial score (nSPS) is 10.7. The number of fused-ring (bicyclic) bond motifs is 1. The monoisotopic (exact) mass is 280 g/mol. The Hall–Kier alpha value is -2.59. The Morgan fingerprint density at radius 3 is 2.57 bits per heavy atom. The van der Waals surface area contributed by atoms with Crippen LogP contribution >= 0.6 is 0 Å². The molecule has 1 aromatic heterocycles. The molecule has 2 aromatic carbocycles. The van der Waals surface area contributed by atoms with Crippen molar-refractivity contribution in [1.82, 2.24) is 4.98 Å². The minimum Gasteiger partial charge on any atom is -0.457 e. The van der Waals surface area contributed by atoms with Crippen LogP contribution in [0, 0.1) is 0 Å². The average Bonchev–Trinajstić information content (AvgIpc) is 2.52. The molecule has 0 fully saturated rings. The van der Waals surface area contributed by atoms with Crippen molar-refractivity contribution >= 4 is 16.5 Å². The highest BCUT2D eigenvalue weighted by Crippen LogP contribution is 2.32. The quantitative estimate of drug-likeness (QED) is 0.720. The lowest BCUT2D eigenvalue weighted by Gasteiger charge is -2.10. The van der Waals surface area contributed by atoms with Crippen LogP contribution in [0.5, 0.6) is 11.5 Å². The van der Waals surface area contributed by atoms with Gasteiger partial charge < -0.3 is 15.6 Å². The number of hydrogen-bond donors (Lipinski definition) is 2. The van der Waals surface area contributed by atoms with E-state index in [9.17, 15) is 0 Å². The molecule has 0 saturated carbocycles. The second kappa shape index (κ2) is 5.81. The van der Waals surface area contributed by atoms with E-state index in [2.05, 4.69) is 4.98 Å². The fraction of sp³-hybridized carbons (Fsp3) is 0.118. The van der Waals surface area contributed by atoms with E-state index in [4.69, 9.17) is 15.6 Å². The maximum absolute atomic E-state index is 8.92. The Labute approximate surface area is 122 Å². The summed E-state index contributed by atoms with van der Waals surface area (Å²) in [7, 11) is 0. The summed E-state index contributed by atoms with van der Waals surface area (Å²) < 4.78 is 5.92. The third kappa shape index (κ3) is 2.80. The Bertz CT molecular complexity index is 754. The summed E-state index contributed by atoms with van der Waals surface area (Å²) in [5.41, 5.74) is 7.75. The molecular weight excluding hydrogens is 264 g/mol. The molecule has 0 unspecified atom stereocenters. The van der Waals surface area contributed by atoms with Crippen LogP contribution in [0.15, 0.2) is 54.9 Å². The molecule has 0 amide bonds. The Morgan fingerprint density at radius 1 is 1.00 bits per heavy atom. The molecule has 0 aliphatic rings. The van der Waals surface area contributed by atoms with E-state index in [0.717, 1.165) is 27.8 Å². The van der Waals surface area contributed by atoms with Gasteiger partial charge in [-0.2, -0.15) is 0 Å². The lowest BCUT2D eigenvalue weighted by molar-refractivity contribution is 0.299. The Kier molecular flexibility index (Phi) is 3.71. The number of pyridine rings is 1. The molecule has 3 aromatic rings. The van der Waals surface area contributed by atoms with Crippen molar-refractivity contribution in [2.45, 2.75) is 6.42 Å². The number of aliphatic hydroxyl groups is 1. The van der Waals surface area contributed by atoms with Crippen molar-refractivity contribution in [2.75, 3.05) is 12.3 Å². The van der Waals surface area contributed by atoms with Gasteiger partial charge in [0.2, 0.25) is 0 Å². The first-order valence-electron chi connectivity index (χ1n) is 6.78. The lowest BCUT2D eigenvalue weighted by Crippen LogP contribution is -1.92. The van der Waals surface area contributed by atoms with Crippen molar-refractivity contribution in [2.24, 2.45) is 0 Å². The third-order valence-corrected chi connectivity index (χ3v) is 3.36. The molecule has 0 spiro atoms. The third-order valence-electron chi connectivity index (χ3n) is 3.36. The van der Waals surface area contributed by atoms with E-state index in [1.165, 1.54) is 0 Å². The fourth-order valence-electron chi connectivity index (χ4n) is 2.26. The summed E-state index contributed by atoms with van der Waals surface area (Å²) in [6.45, 7) is 0.147. The van der Waals surface area contributed by atoms with Crippen molar-refractivity contribution in [1.29, 1.82) is 0 Å². The van der Waals surface area contributed by atoms with Gasteiger partial charge in [0.15, 0.2) is 0 Å². The molecule has 4 nitrogen and oxygen atoms in total. The van der Waals surface area contributed by atoms with Gasteiger partial charge in [-0.3, -0.25) is 4.98 Å². The van der Waals surface area contributed by atoms with Crippen LogP contribution in [0.2, 0.25) is 0 Å². The van der Waals surface area contributed by atoms with Gasteiger partial charge in [0, 0.05) is 35.5 Å². The zero-order valence-electron chi connectivity index (χ0n) is 11.5. The number of nitrogens with zero attached hydrogens (tertiary/aromatic N) is 1. The summed E-state index contributed by atoms with van der Waals surface area (Å²) in [5.74, 6) is 1.47. The first kappa shape index (κ1) is 13.4. The average molecular weight is 280 g/mol. The van der Waals surface area contributed by atoms with Crippen molar-refractivity contribution in [3.63, 3.8) is 0 Å². The van der Waals surface area contributed by atoms with E-state index < -0.39 is 0 Å². The van der Waals surface area contributed by atoms with Crippen LogP contribution in [-0.4, -0.2) is 16.7 Å². The standard InChI is InChI=1S/C17H16N2O2/c18-16-5-6-17(15-11-19-9-7-14(15)16)21-13-3-1-12(2-4-13)8-10-20/h1-7,9,11,20H,8,10,18H2. The molecule has 1 heterocycles. The van der Waals surface area contributed by atoms with Gasteiger partial charge in [-0.1, -0.05) is 12.1 Å². The number of rotatable bonds is 4. The number of anilines is 1. The number of nitrogen functional groups attached to an aromatic ring is 1. The predicted octanol–water partition coefficient (Wildman–Crippen LogP) is 3.14. The van der Waals surface area contributed by atoms with E-state index >= 15 is 0 Å². The molecule has 0 bridgehead atoms. The van der Waals surface area contributed by atoms with Gasteiger partial charge >= 0.3 is 0 Å². The van der Waals surface area contributed by atoms with E-state index in [0.29, 0.717) is 12.1 Å². The molecule has 21 heavy (non-hydrogen) atoms. The van der Waals surface area contributed by atoms with Crippen LogP contribution in [0.4, 0.5) is 5.69 Å². The van der Waals surface area contributed by atoms with Crippen LogP contribution < -0.4 is 10.5 Å². The maximum Gasteiger partial charge on any atom is 0.136 e. The molecule has 106 valence electrons. The zero-order chi connectivity index (χ0) is 14.7. The van der Waals surface area contributed by atoms with Crippen LogP contribution in [-0.2, 0) is 6.42 Å². The molecule has 3 rings (SSSR count). The molecule has 4 heteroatoms. The summed E-state index contributed by atoms with van der Waals surface area (Å²) in [6, 6.07) is 13.2. The predicted molar refractivity (Wildman–Crippen MR) is 83.5 cm³/mol. The molecule has 0 atom stereocenters. The van der Waals surface area contributed by atoms with E-state index in [1.54, 1.807) is 12.4 Å². The van der Waals surface area contributed by atoms with Gasteiger partial charge in [0.1, 0.15) is 11.5 Å². The molecule has 0 saturated heterocycles. The minimum absolute atomic E-state index is 0.147. The number of ether oxygens (including phenoxy) is 1. The van der Waals surface area contributed by atoms with E-state index in [-0.39, 0.29) is 6.61 Å². The summed E-state index contributed by atoms with van der Waals surface area (Å²) in [5, 5.41) is 10.7. The molecule has 0 aliphatic heterocycles. The smallest absolute Gasteiger partial charge is 0.136 e. The van der Waals surface area contributed by atoms with Crippen molar-refractivity contribution in [3.8, 4) is 11.5 Å². The second-order valence-corrected chi connectivity index (χ2v) is 4.79. The number of aliphatic hydroxyl groups excluding tert-OH is 1. The fourth-order valence-corrected chi connectivity index (χ4v) is 2.26. The lowest BCUT2D eigenvalue weighted by atomic mass is 10.1. The highest BCUT2D eigenvalue weighted by molar-refractivity contribution is 5.96. The Balaban J connectivity index is 1.93. The summed E-state index contributed by atoms with van der Waals surface area (Å²) in [4.78, 5) is 4.13. The first-order chi connectivity index (χ1) is 10.3. The molecule has 0 aliphatic carbocycles. The van der Waals surface area contributed by atoms with Crippen LogP contribution in [0.3, 0.4) is 0 Å². The number of benzene rings is 2. The molecule has 0 radical (unpaired) electrons. The van der Waals surface area contributed by atoms with Crippen molar-refractivity contribution in [3.05, 3.63) is 60.4 Å². The first-order valence-corrected chi connectivity index (χ1v) is 6.78. The Morgan fingerprint density at radius 2 is 1.81 bits per heavy atom. The van der Waals surface area contributed by atoms with E-state index in [1.807, 2.05) is 42.5 Å². The van der Waals surface area contributed by atoms with Gasteiger partial charge in [0.05, 0.1) is 0 Å².